The second-order valence-electron chi connectivity index (χ2n) is 4.75. The number of carboxylic acid groups (broad SMARTS) is 1. The van der Waals surface area contributed by atoms with Gasteiger partial charge in [-0.1, -0.05) is 0 Å². The van der Waals surface area contributed by atoms with Gasteiger partial charge in [0.1, 0.15) is 0 Å². The highest BCUT2D eigenvalue weighted by atomic mass is 16.4. The topological polar surface area (TPSA) is 82.7 Å². The fraction of sp³-hybridized carbons (Fsp3) is 0.500. The standard InChI is InChI=1S/C12H18N4O2/c1-8-7-15(2)3-4-16(8)11-10(13)5-9(6-14-11)12(17)18/h5-6,8H,3-4,7,13H2,1-2H3,(H,17,18). The van der Waals surface area contributed by atoms with Gasteiger partial charge in [-0.25, -0.2) is 9.78 Å². The number of nitrogen functional groups attached to an aromatic ring is 1. The molecule has 2 heterocycles. The third-order valence-electron chi connectivity index (χ3n) is 3.24. The zero-order valence-electron chi connectivity index (χ0n) is 10.6. The van der Waals surface area contributed by atoms with Crippen molar-refractivity contribution in [3.05, 3.63) is 17.8 Å². The van der Waals surface area contributed by atoms with Crippen molar-refractivity contribution >= 4 is 17.5 Å². The molecule has 1 aliphatic rings. The molecule has 0 amide bonds. The van der Waals surface area contributed by atoms with Crippen LogP contribution in [0, 0.1) is 0 Å². The van der Waals surface area contributed by atoms with Crippen LogP contribution in [0.5, 0.6) is 0 Å². The van der Waals surface area contributed by atoms with Gasteiger partial charge in [0, 0.05) is 31.9 Å². The first-order valence-corrected chi connectivity index (χ1v) is 5.93. The van der Waals surface area contributed by atoms with Crippen LogP contribution >= 0.6 is 0 Å². The van der Waals surface area contributed by atoms with E-state index in [9.17, 15) is 4.79 Å². The van der Waals surface area contributed by atoms with Crippen LogP contribution in [-0.4, -0.2) is 53.7 Å². The molecular formula is C12H18N4O2. The number of hydrogen-bond donors (Lipinski definition) is 2. The van der Waals surface area contributed by atoms with Gasteiger partial charge in [0.15, 0.2) is 5.82 Å². The molecule has 1 aliphatic heterocycles. The Bertz CT molecular complexity index is 463. The van der Waals surface area contributed by atoms with Crippen molar-refractivity contribution in [3.8, 4) is 0 Å². The number of piperazine rings is 1. The Hall–Kier alpha value is -1.82. The second kappa shape index (κ2) is 4.81. The summed E-state index contributed by atoms with van der Waals surface area (Å²) in [5.74, 6) is -0.326. The van der Waals surface area contributed by atoms with E-state index in [-0.39, 0.29) is 5.56 Å². The first-order valence-electron chi connectivity index (χ1n) is 5.93. The molecule has 0 aromatic carbocycles. The summed E-state index contributed by atoms with van der Waals surface area (Å²) in [4.78, 5) is 19.4. The maximum absolute atomic E-state index is 10.8. The molecule has 6 heteroatoms. The predicted octanol–water partition coefficient (Wildman–Crippen LogP) is 0.502. The largest absolute Gasteiger partial charge is 0.478 e. The van der Waals surface area contributed by atoms with Crippen LogP contribution in [0.15, 0.2) is 12.3 Å². The van der Waals surface area contributed by atoms with E-state index in [1.165, 1.54) is 12.3 Å². The van der Waals surface area contributed by atoms with Crippen molar-refractivity contribution in [1.82, 2.24) is 9.88 Å². The lowest BCUT2D eigenvalue weighted by Gasteiger charge is -2.39. The van der Waals surface area contributed by atoms with E-state index in [0.29, 0.717) is 17.5 Å². The lowest BCUT2D eigenvalue weighted by molar-refractivity contribution is 0.0696. The summed E-state index contributed by atoms with van der Waals surface area (Å²) in [6.45, 7) is 4.86. The summed E-state index contributed by atoms with van der Waals surface area (Å²) >= 11 is 0. The van der Waals surface area contributed by atoms with Crippen molar-refractivity contribution < 1.29 is 9.90 Å². The number of pyridine rings is 1. The van der Waals surface area contributed by atoms with Gasteiger partial charge in [-0.15, -0.1) is 0 Å². The molecule has 1 aromatic rings. The maximum atomic E-state index is 10.8. The number of aromatic nitrogens is 1. The molecule has 6 nitrogen and oxygen atoms in total. The molecule has 1 aromatic heterocycles. The Morgan fingerprint density at radius 1 is 1.56 bits per heavy atom. The Morgan fingerprint density at radius 2 is 2.28 bits per heavy atom. The first-order chi connectivity index (χ1) is 8.49. The summed E-state index contributed by atoms with van der Waals surface area (Å²) in [5, 5.41) is 8.88. The van der Waals surface area contributed by atoms with Crippen LogP contribution in [0.3, 0.4) is 0 Å². The number of nitrogens with zero attached hydrogens (tertiary/aromatic N) is 3. The molecule has 0 aliphatic carbocycles. The number of carboxylic acids is 1. The van der Waals surface area contributed by atoms with Crippen molar-refractivity contribution in [1.29, 1.82) is 0 Å². The smallest absolute Gasteiger partial charge is 0.337 e. The normalized spacial score (nSPS) is 21.0. The Balaban J connectivity index is 2.26. The lowest BCUT2D eigenvalue weighted by Crippen LogP contribution is -2.51. The van der Waals surface area contributed by atoms with Crippen LogP contribution in [0.2, 0.25) is 0 Å². The number of anilines is 2. The van der Waals surface area contributed by atoms with Gasteiger partial charge < -0.3 is 20.6 Å². The molecule has 1 atom stereocenters. The summed E-state index contributed by atoms with van der Waals surface area (Å²) in [6, 6.07) is 1.78. The zero-order chi connectivity index (χ0) is 13.3. The van der Waals surface area contributed by atoms with Crippen molar-refractivity contribution in [2.45, 2.75) is 13.0 Å². The number of carbonyl (C=O) groups is 1. The molecule has 1 unspecified atom stereocenters. The van der Waals surface area contributed by atoms with Crippen molar-refractivity contribution in [3.63, 3.8) is 0 Å². The summed E-state index contributed by atoms with van der Waals surface area (Å²) < 4.78 is 0. The van der Waals surface area contributed by atoms with Crippen LogP contribution < -0.4 is 10.6 Å². The van der Waals surface area contributed by atoms with Gasteiger partial charge in [-0.2, -0.15) is 0 Å². The van der Waals surface area contributed by atoms with E-state index in [2.05, 4.69) is 28.8 Å². The number of likely N-dealkylation sites (N-methyl/N-ethyl adjacent to an activating group) is 1. The third kappa shape index (κ3) is 2.38. The summed E-state index contributed by atoms with van der Waals surface area (Å²) in [7, 11) is 2.08. The number of nitrogens with two attached hydrogens (primary N) is 1. The highest BCUT2D eigenvalue weighted by Crippen LogP contribution is 2.24. The molecule has 0 spiro atoms. The number of aromatic carboxylic acids is 1. The SMILES string of the molecule is CC1CN(C)CCN1c1ncc(C(=O)O)cc1N. The van der Waals surface area contributed by atoms with Crippen molar-refractivity contribution in [2.75, 3.05) is 37.3 Å². The molecule has 2 rings (SSSR count). The quantitative estimate of drug-likeness (QED) is 0.795. The van der Waals surface area contributed by atoms with Gasteiger partial charge in [0.2, 0.25) is 0 Å². The second-order valence-corrected chi connectivity index (χ2v) is 4.75. The van der Waals surface area contributed by atoms with E-state index in [4.69, 9.17) is 10.8 Å². The highest BCUT2D eigenvalue weighted by molar-refractivity contribution is 5.89. The molecule has 0 saturated carbocycles. The van der Waals surface area contributed by atoms with Gasteiger partial charge in [-0.05, 0) is 20.0 Å². The van der Waals surface area contributed by atoms with Gasteiger partial charge in [0.05, 0.1) is 11.3 Å². The maximum Gasteiger partial charge on any atom is 0.337 e. The summed E-state index contributed by atoms with van der Waals surface area (Å²) in [6.07, 6.45) is 1.36. The minimum atomic E-state index is -1.01. The fourth-order valence-corrected chi connectivity index (χ4v) is 2.29. The van der Waals surface area contributed by atoms with E-state index in [1.54, 1.807) is 0 Å². The summed E-state index contributed by atoms with van der Waals surface area (Å²) in [5.41, 5.74) is 6.45. The molecule has 1 fully saturated rings. The van der Waals surface area contributed by atoms with Crippen LogP contribution in [0.1, 0.15) is 17.3 Å². The van der Waals surface area contributed by atoms with Gasteiger partial charge in [-0.3, -0.25) is 0 Å². The van der Waals surface area contributed by atoms with Gasteiger partial charge in [0.25, 0.3) is 0 Å². The molecule has 3 N–H and O–H groups in total. The predicted molar refractivity (Wildman–Crippen MR) is 69.9 cm³/mol. The van der Waals surface area contributed by atoms with Crippen LogP contribution in [-0.2, 0) is 0 Å². The first kappa shape index (κ1) is 12.6. The lowest BCUT2D eigenvalue weighted by atomic mass is 10.1. The monoisotopic (exact) mass is 250 g/mol. The Labute approximate surface area is 106 Å². The minimum absolute atomic E-state index is 0.123. The average Bonchev–Trinajstić information content (AvgIpc) is 2.30. The molecule has 18 heavy (non-hydrogen) atoms. The molecule has 1 saturated heterocycles. The minimum Gasteiger partial charge on any atom is -0.478 e. The van der Waals surface area contributed by atoms with E-state index in [0.717, 1.165) is 19.6 Å². The molecular weight excluding hydrogens is 232 g/mol. The number of hydrogen-bond acceptors (Lipinski definition) is 5. The van der Waals surface area contributed by atoms with Crippen LogP contribution in [0.25, 0.3) is 0 Å². The van der Waals surface area contributed by atoms with E-state index >= 15 is 0 Å². The van der Waals surface area contributed by atoms with E-state index in [1.807, 2.05) is 0 Å². The van der Waals surface area contributed by atoms with Crippen LogP contribution in [0.4, 0.5) is 11.5 Å². The third-order valence-corrected chi connectivity index (χ3v) is 3.24. The Kier molecular flexibility index (Phi) is 3.38. The Morgan fingerprint density at radius 3 is 2.83 bits per heavy atom. The highest BCUT2D eigenvalue weighted by Gasteiger charge is 2.24. The fourth-order valence-electron chi connectivity index (χ4n) is 2.29. The van der Waals surface area contributed by atoms with Gasteiger partial charge >= 0.3 is 5.97 Å². The van der Waals surface area contributed by atoms with Crippen molar-refractivity contribution in [2.24, 2.45) is 0 Å². The zero-order valence-corrected chi connectivity index (χ0v) is 10.6. The molecule has 98 valence electrons. The molecule has 0 radical (unpaired) electrons. The average molecular weight is 250 g/mol. The van der Waals surface area contributed by atoms with E-state index < -0.39 is 5.97 Å². The number of rotatable bonds is 2. The molecule has 0 bridgehead atoms.